The lowest BCUT2D eigenvalue weighted by atomic mass is 9.86. The molecular weight excluding hydrogens is 276 g/mol. The lowest BCUT2D eigenvalue weighted by Gasteiger charge is -2.21. The summed E-state index contributed by atoms with van der Waals surface area (Å²) in [5.41, 5.74) is 2.91. The lowest BCUT2D eigenvalue weighted by Crippen LogP contribution is -2.19. The van der Waals surface area contributed by atoms with E-state index in [1.165, 1.54) is 11.1 Å². The Morgan fingerprint density at radius 2 is 1.81 bits per heavy atom. The molecule has 1 unspecified atom stereocenters. The number of hydrogen-bond donors (Lipinski definition) is 1. The molecule has 0 fully saturated rings. The molecule has 21 heavy (non-hydrogen) atoms. The third-order valence-corrected chi connectivity index (χ3v) is 4.60. The Bertz CT molecular complexity index is 544. The molecule has 112 valence electrons. The lowest BCUT2D eigenvalue weighted by molar-refractivity contribution is 0.588. The average molecular weight is 300 g/mol. The molecule has 2 nitrogen and oxygen atoms in total. The molecule has 2 aromatic rings. The molecule has 1 aromatic carbocycles. The number of pyridine rings is 1. The predicted octanol–water partition coefficient (Wildman–Crippen LogP) is 4.43. The van der Waals surface area contributed by atoms with Crippen molar-refractivity contribution in [2.45, 2.75) is 37.3 Å². The van der Waals surface area contributed by atoms with E-state index in [1.54, 1.807) is 11.8 Å². The fourth-order valence-electron chi connectivity index (χ4n) is 2.16. The van der Waals surface area contributed by atoms with Gasteiger partial charge in [0.15, 0.2) is 0 Å². The number of rotatable bonds is 5. The van der Waals surface area contributed by atoms with Crippen LogP contribution in [0.4, 0.5) is 0 Å². The molecule has 3 heteroatoms. The van der Waals surface area contributed by atoms with Crippen LogP contribution in [0.5, 0.6) is 0 Å². The first kappa shape index (κ1) is 16.1. The van der Waals surface area contributed by atoms with E-state index in [9.17, 15) is 0 Å². The Morgan fingerprint density at radius 3 is 2.33 bits per heavy atom. The molecule has 0 bridgehead atoms. The van der Waals surface area contributed by atoms with Gasteiger partial charge in [0.25, 0.3) is 0 Å². The molecule has 2 rings (SSSR count). The van der Waals surface area contributed by atoms with Gasteiger partial charge in [0.2, 0.25) is 0 Å². The van der Waals surface area contributed by atoms with Crippen LogP contribution in [-0.2, 0) is 5.41 Å². The Hall–Kier alpha value is -1.32. The highest BCUT2D eigenvalue weighted by atomic mass is 32.2. The quantitative estimate of drug-likeness (QED) is 0.827. The first-order valence-corrected chi connectivity index (χ1v) is 8.31. The minimum absolute atomic E-state index is 0.205. The summed E-state index contributed by atoms with van der Waals surface area (Å²) in [4.78, 5) is 4.36. The van der Waals surface area contributed by atoms with Crippen LogP contribution < -0.4 is 5.32 Å². The molecule has 0 saturated carbocycles. The van der Waals surface area contributed by atoms with Gasteiger partial charge < -0.3 is 5.32 Å². The highest BCUT2D eigenvalue weighted by molar-refractivity contribution is 7.99. The van der Waals surface area contributed by atoms with Crippen LogP contribution in [0.15, 0.2) is 53.7 Å². The van der Waals surface area contributed by atoms with E-state index in [2.05, 4.69) is 61.4 Å². The minimum Gasteiger partial charge on any atom is -0.312 e. The summed E-state index contributed by atoms with van der Waals surface area (Å²) in [5, 5.41) is 4.47. The Balaban J connectivity index is 2.04. The van der Waals surface area contributed by atoms with Crippen molar-refractivity contribution in [2.75, 3.05) is 12.8 Å². The van der Waals surface area contributed by atoms with Gasteiger partial charge in [-0.3, -0.25) is 0 Å². The zero-order chi connectivity index (χ0) is 15.3. The van der Waals surface area contributed by atoms with E-state index >= 15 is 0 Å². The molecule has 1 atom stereocenters. The SMILES string of the molecule is CNC(CSc1ccccn1)c1ccc(C(C)(C)C)cc1. The van der Waals surface area contributed by atoms with Crippen LogP contribution in [0, 0.1) is 0 Å². The average Bonchev–Trinajstić information content (AvgIpc) is 2.48. The van der Waals surface area contributed by atoms with Crippen molar-refractivity contribution in [3.05, 3.63) is 59.8 Å². The minimum atomic E-state index is 0.205. The molecule has 1 heterocycles. The zero-order valence-electron chi connectivity index (χ0n) is 13.3. The van der Waals surface area contributed by atoms with Crippen molar-refractivity contribution >= 4 is 11.8 Å². The smallest absolute Gasteiger partial charge is 0.0960 e. The van der Waals surface area contributed by atoms with Gasteiger partial charge in [0.1, 0.15) is 0 Å². The first-order chi connectivity index (χ1) is 10.0. The van der Waals surface area contributed by atoms with Gasteiger partial charge in [-0.1, -0.05) is 51.1 Å². The van der Waals surface area contributed by atoms with Gasteiger partial charge in [-0.05, 0) is 35.7 Å². The number of hydrogen-bond acceptors (Lipinski definition) is 3. The normalized spacial score (nSPS) is 13.1. The van der Waals surface area contributed by atoms with Gasteiger partial charge in [-0.15, -0.1) is 11.8 Å². The van der Waals surface area contributed by atoms with Gasteiger partial charge in [-0.2, -0.15) is 0 Å². The highest BCUT2D eigenvalue weighted by Crippen LogP contribution is 2.26. The van der Waals surface area contributed by atoms with Crippen LogP contribution >= 0.6 is 11.8 Å². The first-order valence-electron chi connectivity index (χ1n) is 7.32. The van der Waals surface area contributed by atoms with E-state index in [0.717, 1.165) is 10.8 Å². The summed E-state index contributed by atoms with van der Waals surface area (Å²) in [6, 6.07) is 15.3. The summed E-state index contributed by atoms with van der Waals surface area (Å²) in [6.07, 6.45) is 1.84. The van der Waals surface area contributed by atoms with Crippen molar-refractivity contribution in [2.24, 2.45) is 0 Å². The monoisotopic (exact) mass is 300 g/mol. The molecular formula is C18H24N2S. The Morgan fingerprint density at radius 1 is 1.10 bits per heavy atom. The molecule has 0 spiro atoms. The molecule has 0 aliphatic carbocycles. The van der Waals surface area contributed by atoms with Crippen molar-refractivity contribution in [1.29, 1.82) is 0 Å². The van der Waals surface area contributed by atoms with E-state index in [4.69, 9.17) is 0 Å². The van der Waals surface area contributed by atoms with Gasteiger partial charge in [0.05, 0.1) is 5.03 Å². The number of nitrogens with zero attached hydrogens (tertiary/aromatic N) is 1. The third-order valence-electron chi connectivity index (χ3n) is 3.56. The van der Waals surface area contributed by atoms with Gasteiger partial charge in [0, 0.05) is 18.0 Å². The third kappa shape index (κ3) is 4.58. The van der Waals surface area contributed by atoms with Crippen LogP contribution in [0.1, 0.15) is 37.9 Å². The number of nitrogens with one attached hydrogen (secondary N) is 1. The van der Waals surface area contributed by atoms with Crippen molar-refractivity contribution < 1.29 is 0 Å². The summed E-state index contributed by atoms with van der Waals surface area (Å²) in [7, 11) is 2.02. The maximum Gasteiger partial charge on any atom is 0.0960 e. The highest BCUT2D eigenvalue weighted by Gasteiger charge is 2.15. The fourth-order valence-corrected chi connectivity index (χ4v) is 3.17. The largest absolute Gasteiger partial charge is 0.312 e. The van der Waals surface area contributed by atoms with Crippen molar-refractivity contribution in [1.82, 2.24) is 10.3 Å². The van der Waals surface area contributed by atoms with E-state index in [-0.39, 0.29) is 5.41 Å². The van der Waals surface area contributed by atoms with E-state index < -0.39 is 0 Å². The Kier molecular flexibility index (Phi) is 5.43. The standard InChI is InChI=1S/C18H24N2S/c1-18(2,3)15-10-8-14(9-11-15)16(19-4)13-21-17-7-5-6-12-20-17/h5-12,16,19H,13H2,1-4H3. The second-order valence-corrected chi connectivity index (χ2v) is 7.23. The van der Waals surface area contributed by atoms with Crippen LogP contribution in [0.25, 0.3) is 0 Å². The van der Waals surface area contributed by atoms with E-state index in [0.29, 0.717) is 6.04 Å². The van der Waals surface area contributed by atoms with Crippen LogP contribution in [0.3, 0.4) is 0 Å². The zero-order valence-corrected chi connectivity index (χ0v) is 14.1. The predicted molar refractivity (Wildman–Crippen MR) is 91.9 cm³/mol. The van der Waals surface area contributed by atoms with E-state index in [1.807, 2.05) is 25.4 Å². The molecule has 1 N–H and O–H groups in total. The Labute approximate surface area is 132 Å². The van der Waals surface area contributed by atoms with Crippen molar-refractivity contribution in [3.63, 3.8) is 0 Å². The van der Waals surface area contributed by atoms with Gasteiger partial charge >= 0.3 is 0 Å². The number of aromatic nitrogens is 1. The topological polar surface area (TPSA) is 24.9 Å². The number of benzene rings is 1. The van der Waals surface area contributed by atoms with Crippen molar-refractivity contribution in [3.8, 4) is 0 Å². The van der Waals surface area contributed by atoms with Gasteiger partial charge in [-0.25, -0.2) is 4.98 Å². The molecule has 0 amide bonds. The molecule has 1 aromatic heterocycles. The maximum absolute atomic E-state index is 4.36. The molecule has 0 radical (unpaired) electrons. The second kappa shape index (κ2) is 7.10. The molecule has 0 aliphatic heterocycles. The molecule has 0 saturated heterocycles. The summed E-state index contributed by atoms with van der Waals surface area (Å²) >= 11 is 1.78. The van der Waals surface area contributed by atoms with Crippen LogP contribution in [0.2, 0.25) is 0 Å². The van der Waals surface area contributed by atoms with Crippen LogP contribution in [-0.4, -0.2) is 17.8 Å². The second-order valence-electron chi connectivity index (χ2n) is 6.19. The maximum atomic E-state index is 4.36. The summed E-state index contributed by atoms with van der Waals surface area (Å²) in [6.45, 7) is 6.73. The summed E-state index contributed by atoms with van der Waals surface area (Å²) in [5.74, 6) is 0.975. The fraction of sp³-hybridized carbons (Fsp3) is 0.389. The molecule has 0 aliphatic rings. The number of thioether (sulfide) groups is 1. The summed E-state index contributed by atoms with van der Waals surface area (Å²) < 4.78 is 0.